The molecule has 4 atom stereocenters. The van der Waals surface area contributed by atoms with Crippen LogP contribution in [0.15, 0.2) is 30.3 Å². The maximum absolute atomic E-state index is 12.2. The highest BCUT2D eigenvalue weighted by atomic mass is 16.7. The summed E-state index contributed by atoms with van der Waals surface area (Å²) in [6.45, 7) is 0.329. The molecule has 6 heteroatoms. The molecule has 1 aliphatic heterocycles. The molecule has 0 aromatic heterocycles. The fraction of sp³-hybridized carbons (Fsp3) is 0.529. The zero-order chi connectivity index (χ0) is 16.2. The molecule has 0 spiro atoms. The lowest BCUT2D eigenvalue weighted by Crippen LogP contribution is -2.43. The third kappa shape index (κ3) is 3.89. The lowest BCUT2D eigenvalue weighted by atomic mass is 9.81. The number of carbonyl (C=O) groups is 2. The molecular formula is C17H21NO5. The highest BCUT2D eigenvalue weighted by Crippen LogP contribution is 2.34. The number of nitrogens with one attached hydrogen (secondary N) is 1. The van der Waals surface area contributed by atoms with E-state index in [9.17, 15) is 14.7 Å². The van der Waals surface area contributed by atoms with Gasteiger partial charge in [-0.3, -0.25) is 4.79 Å². The van der Waals surface area contributed by atoms with Gasteiger partial charge in [-0.05, 0) is 43.7 Å². The van der Waals surface area contributed by atoms with Crippen LogP contribution in [0.4, 0.5) is 0 Å². The topological polar surface area (TPSA) is 84.9 Å². The van der Waals surface area contributed by atoms with E-state index in [1.807, 2.05) is 6.07 Å². The number of aliphatic carboxylic acids is 1. The molecule has 2 aliphatic rings. The van der Waals surface area contributed by atoms with Gasteiger partial charge in [0.25, 0.3) is 5.91 Å². The first kappa shape index (κ1) is 16.0. The summed E-state index contributed by atoms with van der Waals surface area (Å²) in [5.74, 6) is -1.14. The lowest BCUT2D eigenvalue weighted by molar-refractivity contribution is -0.139. The van der Waals surface area contributed by atoms with Gasteiger partial charge in [-0.15, -0.1) is 0 Å². The Morgan fingerprint density at radius 2 is 1.91 bits per heavy atom. The molecule has 1 saturated heterocycles. The number of fused-ring (bicyclic) bond motifs is 1. The second-order valence-electron chi connectivity index (χ2n) is 6.17. The molecule has 1 saturated carbocycles. The molecule has 124 valence electrons. The third-order valence-corrected chi connectivity index (χ3v) is 4.61. The van der Waals surface area contributed by atoms with Gasteiger partial charge in [0.1, 0.15) is 12.8 Å². The highest BCUT2D eigenvalue weighted by molar-refractivity contribution is 5.96. The first-order valence-electron chi connectivity index (χ1n) is 7.95. The summed E-state index contributed by atoms with van der Waals surface area (Å²) in [5.41, 5.74) is 0.468. The maximum atomic E-state index is 12.2. The average Bonchev–Trinajstić information content (AvgIpc) is 3.02. The van der Waals surface area contributed by atoms with Crippen molar-refractivity contribution in [1.82, 2.24) is 5.32 Å². The standard InChI is InChI=1S/C17H21NO5/c19-16(12-4-2-1-3-5-12)18-13(17(20)21)8-11-6-7-14-15(9-11)23-10-22-14/h1-5,11,13-15H,6-10H2,(H,18,19)(H,20,21)/t11-,13+,14+,15+/m0/s1. The molecule has 2 fully saturated rings. The second kappa shape index (κ2) is 7.10. The van der Waals surface area contributed by atoms with Crippen molar-refractivity contribution in [2.24, 2.45) is 5.92 Å². The Hall–Kier alpha value is -1.92. The molecule has 1 aromatic carbocycles. The van der Waals surface area contributed by atoms with Crippen molar-refractivity contribution in [3.8, 4) is 0 Å². The minimum absolute atomic E-state index is 0.0630. The second-order valence-corrected chi connectivity index (χ2v) is 6.17. The van der Waals surface area contributed by atoms with Gasteiger partial charge in [0.05, 0.1) is 12.2 Å². The van der Waals surface area contributed by atoms with Crippen molar-refractivity contribution in [3.05, 3.63) is 35.9 Å². The van der Waals surface area contributed by atoms with Crippen LogP contribution in [0.2, 0.25) is 0 Å². The molecule has 3 rings (SSSR count). The van der Waals surface area contributed by atoms with Crippen molar-refractivity contribution in [1.29, 1.82) is 0 Å². The van der Waals surface area contributed by atoms with Gasteiger partial charge in [0.15, 0.2) is 0 Å². The number of hydrogen-bond acceptors (Lipinski definition) is 4. The van der Waals surface area contributed by atoms with Crippen LogP contribution < -0.4 is 5.32 Å². The molecule has 0 bridgehead atoms. The summed E-state index contributed by atoms with van der Waals surface area (Å²) in [5, 5.41) is 12.0. The van der Waals surface area contributed by atoms with Gasteiger partial charge >= 0.3 is 5.97 Å². The average molecular weight is 319 g/mol. The van der Waals surface area contributed by atoms with E-state index >= 15 is 0 Å². The number of carboxylic acids is 1. The number of benzene rings is 1. The fourth-order valence-corrected chi connectivity index (χ4v) is 3.36. The van der Waals surface area contributed by atoms with Gasteiger partial charge < -0.3 is 19.9 Å². The van der Waals surface area contributed by atoms with E-state index in [-0.39, 0.29) is 24.0 Å². The molecule has 0 unspecified atom stereocenters. The SMILES string of the molecule is O=C(N[C@H](C[C@@H]1CC[C@H]2OCO[C@@H]2C1)C(=O)O)c1ccccc1. The van der Waals surface area contributed by atoms with Crippen LogP contribution in [-0.4, -0.2) is 42.0 Å². The number of hydrogen-bond donors (Lipinski definition) is 2. The summed E-state index contributed by atoms with van der Waals surface area (Å²) >= 11 is 0. The van der Waals surface area contributed by atoms with Crippen molar-refractivity contribution >= 4 is 11.9 Å². The summed E-state index contributed by atoms with van der Waals surface area (Å²) in [6, 6.07) is 7.78. The molecule has 1 aromatic rings. The minimum atomic E-state index is -1.00. The first-order valence-corrected chi connectivity index (χ1v) is 7.95. The minimum Gasteiger partial charge on any atom is -0.480 e. The van der Waals surface area contributed by atoms with Gasteiger partial charge in [0.2, 0.25) is 0 Å². The van der Waals surface area contributed by atoms with Gasteiger partial charge in [-0.25, -0.2) is 4.79 Å². The van der Waals surface area contributed by atoms with E-state index in [1.54, 1.807) is 24.3 Å². The predicted molar refractivity (Wildman–Crippen MR) is 81.9 cm³/mol. The lowest BCUT2D eigenvalue weighted by Gasteiger charge is -2.31. The normalized spacial score (nSPS) is 27.9. The van der Waals surface area contributed by atoms with Crippen molar-refractivity contribution in [2.45, 2.75) is 43.9 Å². The van der Waals surface area contributed by atoms with Gasteiger partial charge in [-0.1, -0.05) is 18.2 Å². The fourth-order valence-electron chi connectivity index (χ4n) is 3.36. The number of carboxylic acid groups (broad SMARTS) is 1. The van der Waals surface area contributed by atoms with E-state index in [1.165, 1.54) is 0 Å². The van der Waals surface area contributed by atoms with Crippen molar-refractivity contribution < 1.29 is 24.2 Å². The van der Waals surface area contributed by atoms with Gasteiger partial charge in [-0.2, -0.15) is 0 Å². The number of amides is 1. The Kier molecular flexibility index (Phi) is 4.93. The van der Waals surface area contributed by atoms with Crippen LogP contribution in [0, 0.1) is 5.92 Å². The summed E-state index contributed by atoms with van der Waals surface area (Å²) in [6.07, 6.45) is 3.20. The van der Waals surface area contributed by atoms with Crippen LogP contribution >= 0.6 is 0 Å². The molecule has 0 radical (unpaired) electrons. The Bertz CT molecular complexity index is 561. The monoisotopic (exact) mass is 319 g/mol. The Balaban J connectivity index is 1.59. The number of rotatable bonds is 5. The predicted octanol–water partition coefficient (Wildman–Crippen LogP) is 1.80. The van der Waals surface area contributed by atoms with E-state index in [0.717, 1.165) is 19.3 Å². The molecular weight excluding hydrogens is 298 g/mol. The quantitative estimate of drug-likeness (QED) is 0.864. The van der Waals surface area contributed by atoms with Gasteiger partial charge in [0, 0.05) is 5.56 Å². The highest BCUT2D eigenvalue weighted by Gasteiger charge is 2.37. The Morgan fingerprint density at radius 1 is 1.17 bits per heavy atom. The van der Waals surface area contributed by atoms with E-state index in [0.29, 0.717) is 18.8 Å². The number of ether oxygens (including phenoxy) is 2. The largest absolute Gasteiger partial charge is 0.480 e. The van der Waals surface area contributed by atoms with Crippen LogP contribution in [0.25, 0.3) is 0 Å². The maximum Gasteiger partial charge on any atom is 0.326 e. The van der Waals surface area contributed by atoms with Crippen molar-refractivity contribution in [3.63, 3.8) is 0 Å². The molecule has 1 heterocycles. The van der Waals surface area contributed by atoms with Crippen LogP contribution in [-0.2, 0) is 14.3 Å². The van der Waals surface area contributed by atoms with E-state index in [2.05, 4.69) is 5.32 Å². The molecule has 1 amide bonds. The molecule has 23 heavy (non-hydrogen) atoms. The molecule has 1 aliphatic carbocycles. The summed E-state index contributed by atoms with van der Waals surface area (Å²) in [7, 11) is 0. The van der Waals surface area contributed by atoms with E-state index < -0.39 is 12.0 Å². The van der Waals surface area contributed by atoms with Crippen molar-refractivity contribution in [2.75, 3.05) is 6.79 Å². The third-order valence-electron chi connectivity index (χ3n) is 4.61. The Morgan fingerprint density at radius 3 is 2.65 bits per heavy atom. The Labute approximate surface area is 134 Å². The zero-order valence-corrected chi connectivity index (χ0v) is 12.8. The van der Waals surface area contributed by atoms with Crippen LogP contribution in [0.3, 0.4) is 0 Å². The molecule has 6 nitrogen and oxygen atoms in total. The number of carbonyl (C=O) groups excluding carboxylic acids is 1. The summed E-state index contributed by atoms with van der Waals surface area (Å²) < 4.78 is 11.0. The van der Waals surface area contributed by atoms with E-state index in [4.69, 9.17) is 9.47 Å². The van der Waals surface area contributed by atoms with Crippen LogP contribution in [0.1, 0.15) is 36.0 Å². The zero-order valence-electron chi connectivity index (χ0n) is 12.8. The molecule has 2 N–H and O–H groups in total. The van der Waals surface area contributed by atoms with Crippen LogP contribution in [0.5, 0.6) is 0 Å². The summed E-state index contributed by atoms with van der Waals surface area (Å²) in [4.78, 5) is 23.7. The smallest absolute Gasteiger partial charge is 0.326 e. The first-order chi connectivity index (χ1) is 11.1.